The van der Waals surface area contributed by atoms with Crippen LogP contribution in [0.5, 0.6) is 11.5 Å². The van der Waals surface area contributed by atoms with E-state index < -0.39 is 0 Å². The molecule has 0 radical (unpaired) electrons. The molecule has 1 saturated heterocycles. The first-order valence-electron chi connectivity index (χ1n) is 10.4. The molecule has 0 spiro atoms. The van der Waals surface area contributed by atoms with Crippen LogP contribution in [0.25, 0.3) is 6.08 Å². The zero-order valence-corrected chi connectivity index (χ0v) is 21.2. The fourth-order valence-electron chi connectivity index (χ4n) is 3.13. The van der Waals surface area contributed by atoms with Crippen molar-refractivity contribution in [3.63, 3.8) is 0 Å². The molecule has 1 aliphatic heterocycles. The highest BCUT2D eigenvalue weighted by atomic mass is 79.9. The standard InChI is InChI=1S/C24H25BrN2O5S/c1-5-15(3)27-23(29)20(33-24(27)30)12-16-10-18(25)22(19(11-16)31-4)32-13-21(28)26-17-8-6-14(2)7-9-17/h6-12,15H,5,13H2,1-4H3,(H,26,28)/b20-12+/t15-/m1/s1. The third kappa shape index (κ3) is 5.97. The molecule has 9 heteroatoms. The van der Waals surface area contributed by atoms with Crippen molar-refractivity contribution in [1.82, 2.24) is 4.90 Å². The summed E-state index contributed by atoms with van der Waals surface area (Å²) in [5.74, 6) is 0.138. The first kappa shape index (κ1) is 24.9. The number of carbonyl (C=O) groups excluding carboxylic acids is 3. The number of rotatable bonds is 8. The van der Waals surface area contributed by atoms with Crippen LogP contribution < -0.4 is 14.8 Å². The molecular weight excluding hydrogens is 508 g/mol. The van der Waals surface area contributed by atoms with Crippen LogP contribution >= 0.6 is 27.7 Å². The fourth-order valence-corrected chi connectivity index (χ4v) is 4.63. The van der Waals surface area contributed by atoms with Crippen molar-refractivity contribution in [3.05, 3.63) is 56.9 Å². The van der Waals surface area contributed by atoms with E-state index in [9.17, 15) is 14.4 Å². The summed E-state index contributed by atoms with van der Waals surface area (Å²) in [7, 11) is 1.49. The molecule has 1 N–H and O–H groups in total. The number of carbonyl (C=O) groups is 3. The number of amides is 3. The number of benzene rings is 2. The summed E-state index contributed by atoms with van der Waals surface area (Å²) < 4.78 is 11.7. The van der Waals surface area contributed by atoms with Crippen molar-refractivity contribution in [2.24, 2.45) is 0 Å². The van der Waals surface area contributed by atoms with Gasteiger partial charge in [0.25, 0.3) is 17.1 Å². The highest BCUT2D eigenvalue weighted by Gasteiger charge is 2.37. The maximum atomic E-state index is 12.7. The lowest BCUT2D eigenvalue weighted by Crippen LogP contribution is -2.36. The van der Waals surface area contributed by atoms with Gasteiger partial charge in [0.1, 0.15) is 0 Å². The van der Waals surface area contributed by atoms with Crippen LogP contribution in [-0.2, 0) is 9.59 Å². The Morgan fingerprint density at radius 3 is 2.58 bits per heavy atom. The monoisotopic (exact) mass is 532 g/mol. The van der Waals surface area contributed by atoms with Gasteiger partial charge in [0.15, 0.2) is 18.1 Å². The lowest BCUT2D eigenvalue weighted by Gasteiger charge is -2.19. The van der Waals surface area contributed by atoms with Gasteiger partial charge in [0, 0.05) is 11.7 Å². The van der Waals surface area contributed by atoms with Gasteiger partial charge in [0.05, 0.1) is 16.5 Å². The molecule has 0 bridgehead atoms. The van der Waals surface area contributed by atoms with E-state index in [0.29, 0.717) is 38.5 Å². The fraction of sp³-hybridized carbons (Fsp3) is 0.292. The van der Waals surface area contributed by atoms with Gasteiger partial charge in [-0.3, -0.25) is 19.3 Å². The second-order valence-electron chi connectivity index (χ2n) is 7.55. The first-order valence-corrected chi connectivity index (χ1v) is 12.0. The first-order chi connectivity index (χ1) is 15.7. The number of aryl methyl sites for hydroxylation is 1. The van der Waals surface area contributed by atoms with Crippen LogP contribution in [0.4, 0.5) is 10.5 Å². The van der Waals surface area contributed by atoms with E-state index in [-0.39, 0.29) is 29.7 Å². The summed E-state index contributed by atoms with van der Waals surface area (Å²) >= 11 is 4.37. The topological polar surface area (TPSA) is 84.9 Å². The minimum atomic E-state index is -0.310. The van der Waals surface area contributed by atoms with Gasteiger partial charge in [-0.1, -0.05) is 24.6 Å². The Morgan fingerprint density at radius 1 is 1.24 bits per heavy atom. The molecule has 1 heterocycles. The molecule has 3 rings (SSSR count). The quantitative estimate of drug-likeness (QED) is 0.444. The molecule has 7 nitrogen and oxygen atoms in total. The molecular formula is C24H25BrN2O5S. The number of hydrogen-bond donors (Lipinski definition) is 1. The van der Waals surface area contributed by atoms with Crippen LogP contribution in [-0.4, -0.2) is 41.7 Å². The van der Waals surface area contributed by atoms with Gasteiger partial charge < -0.3 is 14.8 Å². The van der Waals surface area contributed by atoms with Gasteiger partial charge in [-0.15, -0.1) is 0 Å². The Kier molecular flexibility index (Phi) is 8.20. The van der Waals surface area contributed by atoms with Crippen LogP contribution in [0.2, 0.25) is 0 Å². The predicted octanol–water partition coefficient (Wildman–Crippen LogP) is 5.62. The van der Waals surface area contributed by atoms with E-state index in [4.69, 9.17) is 9.47 Å². The molecule has 2 aromatic carbocycles. The summed E-state index contributed by atoms with van der Waals surface area (Å²) in [6.45, 7) is 5.54. The second-order valence-corrected chi connectivity index (χ2v) is 9.39. The van der Waals surface area contributed by atoms with Crippen molar-refractivity contribution in [2.45, 2.75) is 33.2 Å². The minimum absolute atomic E-state index is 0.161. The third-order valence-corrected chi connectivity index (χ3v) is 6.56. The van der Waals surface area contributed by atoms with E-state index in [2.05, 4.69) is 21.2 Å². The number of nitrogens with zero attached hydrogens (tertiary/aromatic N) is 1. The van der Waals surface area contributed by atoms with Gasteiger partial charge in [-0.05, 0) is 83.9 Å². The Bertz CT molecular complexity index is 1100. The number of anilines is 1. The minimum Gasteiger partial charge on any atom is -0.493 e. The Balaban J connectivity index is 1.74. The number of thioether (sulfide) groups is 1. The highest BCUT2D eigenvalue weighted by molar-refractivity contribution is 9.10. The van der Waals surface area contributed by atoms with Crippen molar-refractivity contribution >= 4 is 56.5 Å². The summed E-state index contributed by atoms with van der Waals surface area (Å²) in [5, 5.41) is 2.50. The van der Waals surface area contributed by atoms with Crippen LogP contribution in [0.15, 0.2) is 45.8 Å². The van der Waals surface area contributed by atoms with E-state index >= 15 is 0 Å². The Hall–Kier alpha value is -2.78. The maximum absolute atomic E-state index is 12.7. The van der Waals surface area contributed by atoms with E-state index in [1.54, 1.807) is 18.2 Å². The van der Waals surface area contributed by atoms with Crippen molar-refractivity contribution < 1.29 is 23.9 Å². The number of nitrogens with one attached hydrogen (secondary N) is 1. The Morgan fingerprint density at radius 2 is 1.94 bits per heavy atom. The van der Waals surface area contributed by atoms with Gasteiger partial charge in [-0.2, -0.15) is 0 Å². The SMILES string of the molecule is CC[C@@H](C)N1C(=O)S/C(=C/c2cc(Br)c(OCC(=O)Nc3ccc(C)cc3)c(OC)c2)C1=O. The molecule has 1 fully saturated rings. The Labute approximate surface area is 205 Å². The van der Waals surface area contributed by atoms with Crippen LogP contribution in [0.3, 0.4) is 0 Å². The lowest BCUT2D eigenvalue weighted by atomic mass is 10.1. The maximum Gasteiger partial charge on any atom is 0.293 e. The highest BCUT2D eigenvalue weighted by Crippen LogP contribution is 2.39. The average Bonchev–Trinajstić information content (AvgIpc) is 3.06. The van der Waals surface area contributed by atoms with Crippen molar-refractivity contribution in [3.8, 4) is 11.5 Å². The van der Waals surface area contributed by atoms with Crippen LogP contribution in [0.1, 0.15) is 31.4 Å². The molecule has 1 aliphatic rings. The van der Waals surface area contributed by atoms with Crippen molar-refractivity contribution in [1.29, 1.82) is 0 Å². The van der Waals surface area contributed by atoms with Crippen molar-refractivity contribution in [2.75, 3.05) is 19.0 Å². The number of methoxy groups -OCH3 is 1. The zero-order chi connectivity index (χ0) is 24.1. The molecule has 1 atom stereocenters. The molecule has 3 amide bonds. The molecule has 0 aliphatic carbocycles. The summed E-state index contributed by atoms with van der Waals surface area (Å²) in [6.07, 6.45) is 2.34. The van der Waals surface area contributed by atoms with E-state index in [1.807, 2.05) is 45.0 Å². The van der Waals surface area contributed by atoms with Gasteiger partial charge >= 0.3 is 0 Å². The average molecular weight is 533 g/mol. The lowest BCUT2D eigenvalue weighted by molar-refractivity contribution is -0.124. The second kappa shape index (κ2) is 10.9. The van der Waals surface area contributed by atoms with E-state index in [0.717, 1.165) is 17.3 Å². The molecule has 174 valence electrons. The third-order valence-electron chi connectivity index (χ3n) is 5.09. The normalized spacial score (nSPS) is 15.7. The van der Waals surface area contributed by atoms with E-state index in [1.165, 1.54) is 12.0 Å². The smallest absolute Gasteiger partial charge is 0.293 e. The van der Waals surface area contributed by atoms with Gasteiger partial charge in [-0.25, -0.2) is 0 Å². The summed E-state index contributed by atoms with van der Waals surface area (Å²) in [4.78, 5) is 38.8. The molecule has 33 heavy (non-hydrogen) atoms. The molecule has 2 aromatic rings. The number of hydrogen-bond acceptors (Lipinski definition) is 6. The predicted molar refractivity (Wildman–Crippen MR) is 134 cm³/mol. The molecule has 0 saturated carbocycles. The number of halogens is 1. The molecule has 0 aromatic heterocycles. The van der Waals surface area contributed by atoms with Gasteiger partial charge in [0.2, 0.25) is 0 Å². The molecule has 0 unspecified atom stereocenters. The van der Waals surface area contributed by atoms with Crippen LogP contribution in [0, 0.1) is 6.92 Å². The zero-order valence-electron chi connectivity index (χ0n) is 18.8. The summed E-state index contributed by atoms with van der Waals surface area (Å²) in [5.41, 5.74) is 2.44. The number of imide groups is 1. The number of ether oxygens (including phenoxy) is 2. The largest absolute Gasteiger partial charge is 0.493 e. The summed E-state index contributed by atoms with van der Waals surface area (Å²) in [6, 6.07) is 10.7.